The third-order valence-electron chi connectivity index (χ3n) is 2.52. The van der Waals surface area contributed by atoms with Gasteiger partial charge >= 0.3 is 5.97 Å². The summed E-state index contributed by atoms with van der Waals surface area (Å²) < 4.78 is 23.9. The second kappa shape index (κ2) is 5.30. The topological polar surface area (TPSA) is 51.3 Å². The van der Waals surface area contributed by atoms with E-state index < -0.39 is 11.8 Å². The van der Waals surface area contributed by atoms with Gasteiger partial charge in [0.25, 0.3) is 0 Å². The van der Waals surface area contributed by atoms with Crippen molar-refractivity contribution in [2.75, 3.05) is 6.61 Å². The summed E-state index contributed by atoms with van der Waals surface area (Å²) in [5.41, 5.74) is 0.801. The Morgan fingerprint density at radius 1 is 1.37 bits per heavy atom. The van der Waals surface area contributed by atoms with Gasteiger partial charge in [0.2, 0.25) is 0 Å². The molecule has 1 heterocycles. The summed E-state index contributed by atoms with van der Waals surface area (Å²) in [5, 5.41) is 0.665. The Labute approximate surface area is 110 Å². The summed E-state index contributed by atoms with van der Waals surface area (Å²) in [7, 11) is 0. The minimum Gasteiger partial charge on any atom is -0.490 e. The third kappa shape index (κ3) is 2.86. The van der Waals surface area contributed by atoms with Crippen molar-refractivity contribution in [3.05, 3.63) is 29.7 Å². The average molecular weight is 265 g/mol. The number of rotatable bonds is 4. The zero-order valence-electron chi connectivity index (χ0n) is 11.1. The molecule has 0 spiro atoms. The summed E-state index contributed by atoms with van der Waals surface area (Å²) in [6, 6.07) is 4.25. The normalized spacial score (nSPS) is 11.0. The van der Waals surface area contributed by atoms with Crippen LogP contribution in [0.1, 0.15) is 31.3 Å². The number of H-pyrrole nitrogens is 1. The van der Waals surface area contributed by atoms with Crippen LogP contribution in [0.4, 0.5) is 4.39 Å². The fourth-order valence-electron chi connectivity index (χ4n) is 1.84. The van der Waals surface area contributed by atoms with E-state index in [0.717, 1.165) is 0 Å². The Balaban J connectivity index is 2.48. The summed E-state index contributed by atoms with van der Waals surface area (Å²) in [6.07, 6.45) is -0.0778. The molecular formula is C14H16FNO3. The lowest BCUT2D eigenvalue weighted by atomic mass is 10.2. The molecule has 0 amide bonds. The Bertz CT molecular complexity index is 604. The molecule has 0 aliphatic rings. The van der Waals surface area contributed by atoms with Crippen molar-refractivity contribution in [3.63, 3.8) is 0 Å². The van der Waals surface area contributed by atoms with Gasteiger partial charge < -0.3 is 14.5 Å². The fraction of sp³-hybridized carbons (Fsp3) is 0.357. The van der Waals surface area contributed by atoms with Crippen LogP contribution in [0.2, 0.25) is 0 Å². The molecule has 0 radical (unpaired) electrons. The molecule has 2 aromatic rings. The summed E-state index contributed by atoms with van der Waals surface area (Å²) in [5.74, 6) is -0.466. The van der Waals surface area contributed by atoms with Crippen LogP contribution in [-0.2, 0) is 4.74 Å². The van der Waals surface area contributed by atoms with E-state index in [4.69, 9.17) is 9.47 Å². The van der Waals surface area contributed by atoms with E-state index in [1.807, 2.05) is 13.8 Å². The molecule has 0 bridgehead atoms. The van der Waals surface area contributed by atoms with Crippen molar-refractivity contribution in [2.24, 2.45) is 0 Å². The number of fused-ring (bicyclic) bond motifs is 1. The maximum atomic E-state index is 13.5. The van der Waals surface area contributed by atoms with E-state index in [1.165, 1.54) is 12.1 Å². The van der Waals surface area contributed by atoms with Gasteiger partial charge in [-0.15, -0.1) is 0 Å². The van der Waals surface area contributed by atoms with Crippen LogP contribution in [0.3, 0.4) is 0 Å². The Kier molecular flexibility index (Phi) is 3.74. The van der Waals surface area contributed by atoms with E-state index in [0.29, 0.717) is 16.7 Å². The summed E-state index contributed by atoms with van der Waals surface area (Å²) in [4.78, 5) is 14.5. The van der Waals surface area contributed by atoms with Crippen molar-refractivity contribution in [1.82, 2.24) is 4.98 Å². The van der Waals surface area contributed by atoms with E-state index in [9.17, 15) is 9.18 Å². The van der Waals surface area contributed by atoms with Gasteiger partial charge in [0.1, 0.15) is 17.3 Å². The van der Waals surface area contributed by atoms with Gasteiger partial charge in [-0.25, -0.2) is 9.18 Å². The first-order chi connectivity index (χ1) is 9.01. The molecule has 0 fully saturated rings. The minimum absolute atomic E-state index is 0.0778. The van der Waals surface area contributed by atoms with Crippen LogP contribution in [-0.4, -0.2) is 23.7 Å². The van der Waals surface area contributed by atoms with Crippen LogP contribution < -0.4 is 4.74 Å². The number of carbonyl (C=O) groups excluding carboxylic acids is 1. The van der Waals surface area contributed by atoms with Gasteiger partial charge in [-0.05, 0) is 32.9 Å². The van der Waals surface area contributed by atoms with Crippen molar-refractivity contribution < 1.29 is 18.7 Å². The molecule has 0 atom stereocenters. The molecule has 0 aliphatic carbocycles. The first kappa shape index (κ1) is 13.4. The van der Waals surface area contributed by atoms with Gasteiger partial charge in [0, 0.05) is 11.5 Å². The molecular weight excluding hydrogens is 249 g/mol. The van der Waals surface area contributed by atoms with E-state index >= 15 is 0 Å². The van der Waals surface area contributed by atoms with Crippen LogP contribution in [0.25, 0.3) is 10.9 Å². The monoisotopic (exact) mass is 265 g/mol. The lowest BCUT2D eigenvalue weighted by molar-refractivity contribution is 0.0520. The number of aromatic amines is 1. The molecule has 0 saturated carbocycles. The predicted octanol–water partition coefficient (Wildman–Crippen LogP) is 3.27. The number of hydrogen-bond acceptors (Lipinski definition) is 3. The number of carbonyl (C=O) groups is 1. The molecule has 1 aromatic carbocycles. The molecule has 4 nitrogen and oxygen atoms in total. The average Bonchev–Trinajstić information content (AvgIpc) is 2.72. The standard InChI is InChI=1S/C14H16FNO3/c1-4-18-14(17)12-7-10-11(16-12)5-9(15)6-13(10)19-8(2)3/h5-8,16H,4H2,1-3H3. The maximum Gasteiger partial charge on any atom is 0.354 e. The smallest absolute Gasteiger partial charge is 0.354 e. The summed E-state index contributed by atoms with van der Waals surface area (Å²) in [6.45, 7) is 5.73. The summed E-state index contributed by atoms with van der Waals surface area (Å²) >= 11 is 0. The molecule has 0 aliphatic heterocycles. The molecule has 102 valence electrons. The van der Waals surface area contributed by atoms with E-state index in [2.05, 4.69) is 4.98 Å². The number of halogens is 1. The quantitative estimate of drug-likeness (QED) is 0.863. The van der Waals surface area contributed by atoms with Crippen LogP contribution >= 0.6 is 0 Å². The second-order valence-electron chi connectivity index (χ2n) is 4.44. The lowest BCUT2D eigenvalue weighted by Crippen LogP contribution is -2.05. The minimum atomic E-state index is -0.463. The highest BCUT2D eigenvalue weighted by molar-refractivity contribution is 5.97. The fourth-order valence-corrected chi connectivity index (χ4v) is 1.84. The van der Waals surface area contributed by atoms with Crippen molar-refractivity contribution in [1.29, 1.82) is 0 Å². The Morgan fingerprint density at radius 3 is 2.74 bits per heavy atom. The molecule has 0 unspecified atom stereocenters. The highest BCUT2D eigenvalue weighted by Gasteiger charge is 2.15. The number of esters is 1. The molecule has 19 heavy (non-hydrogen) atoms. The number of aromatic nitrogens is 1. The molecule has 5 heteroatoms. The number of hydrogen-bond donors (Lipinski definition) is 1. The highest BCUT2D eigenvalue weighted by atomic mass is 19.1. The van der Waals surface area contributed by atoms with Crippen molar-refractivity contribution in [2.45, 2.75) is 26.9 Å². The van der Waals surface area contributed by atoms with Crippen LogP contribution in [0.5, 0.6) is 5.75 Å². The zero-order chi connectivity index (χ0) is 14.0. The maximum absolute atomic E-state index is 13.5. The van der Waals surface area contributed by atoms with Gasteiger partial charge in [-0.2, -0.15) is 0 Å². The molecule has 0 saturated heterocycles. The highest BCUT2D eigenvalue weighted by Crippen LogP contribution is 2.29. The SMILES string of the molecule is CCOC(=O)c1cc2c(OC(C)C)cc(F)cc2[nH]1. The first-order valence-corrected chi connectivity index (χ1v) is 6.17. The third-order valence-corrected chi connectivity index (χ3v) is 2.52. The van der Waals surface area contributed by atoms with Crippen LogP contribution in [0.15, 0.2) is 18.2 Å². The second-order valence-corrected chi connectivity index (χ2v) is 4.44. The van der Waals surface area contributed by atoms with Crippen molar-refractivity contribution in [3.8, 4) is 5.75 Å². The van der Waals surface area contributed by atoms with Gasteiger partial charge in [-0.3, -0.25) is 0 Å². The Hall–Kier alpha value is -2.04. The zero-order valence-corrected chi connectivity index (χ0v) is 11.1. The first-order valence-electron chi connectivity index (χ1n) is 6.17. The van der Waals surface area contributed by atoms with Crippen LogP contribution in [0, 0.1) is 5.82 Å². The van der Waals surface area contributed by atoms with E-state index in [1.54, 1.807) is 13.0 Å². The molecule has 2 rings (SSSR count). The van der Waals surface area contributed by atoms with Gasteiger partial charge in [0.05, 0.1) is 18.2 Å². The lowest BCUT2D eigenvalue weighted by Gasteiger charge is -2.10. The number of ether oxygens (including phenoxy) is 2. The largest absolute Gasteiger partial charge is 0.490 e. The number of nitrogens with one attached hydrogen (secondary N) is 1. The van der Waals surface area contributed by atoms with E-state index in [-0.39, 0.29) is 18.4 Å². The van der Waals surface area contributed by atoms with Gasteiger partial charge in [-0.1, -0.05) is 0 Å². The predicted molar refractivity (Wildman–Crippen MR) is 70.0 cm³/mol. The molecule has 1 N–H and O–H groups in total. The van der Waals surface area contributed by atoms with Crippen molar-refractivity contribution >= 4 is 16.9 Å². The molecule has 1 aromatic heterocycles. The number of benzene rings is 1. The Morgan fingerprint density at radius 2 is 2.11 bits per heavy atom. The van der Waals surface area contributed by atoms with Gasteiger partial charge in [0.15, 0.2) is 0 Å².